The first-order valence-electron chi connectivity index (χ1n) is 5.60. The summed E-state index contributed by atoms with van der Waals surface area (Å²) in [4.78, 5) is -1.03. The topological polar surface area (TPSA) is 83.6 Å². The normalized spacial score (nSPS) is 24.8. The summed E-state index contributed by atoms with van der Waals surface area (Å²) in [6.07, 6.45) is 0.213. The number of rotatable bonds is 2. The van der Waals surface area contributed by atoms with Crippen LogP contribution < -0.4 is 5.73 Å². The minimum absolute atomic E-state index is 0.0125. The molecule has 1 aromatic rings. The average Bonchev–Trinajstić information content (AvgIpc) is 2.57. The first-order chi connectivity index (χ1) is 8.63. The molecule has 106 valence electrons. The standard InChI is InChI=1S/C11H14F2N2O3S/c1-11(16)2-3-15(6-11)19(17,18)10-8(12)4-7(14)5-9(10)13/h4-5,16H,2-3,6,14H2,1H3. The summed E-state index contributed by atoms with van der Waals surface area (Å²) >= 11 is 0. The molecule has 1 atom stereocenters. The average molecular weight is 292 g/mol. The number of β-amino-alcohol motifs (C(OH)–C–C–N with tert-alkyl or cyclic N) is 1. The molecule has 0 spiro atoms. The van der Waals surface area contributed by atoms with Crippen LogP contribution >= 0.6 is 0 Å². The zero-order valence-corrected chi connectivity index (χ0v) is 11.0. The molecule has 0 amide bonds. The predicted octanol–water partition coefficient (Wildman–Crippen LogP) is 0.692. The Kier molecular flexibility index (Phi) is 3.28. The molecule has 3 N–H and O–H groups in total. The fourth-order valence-corrected chi connectivity index (χ4v) is 3.71. The molecule has 5 nitrogen and oxygen atoms in total. The fraction of sp³-hybridized carbons (Fsp3) is 0.455. The Morgan fingerprint density at radius 2 is 1.89 bits per heavy atom. The minimum Gasteiger partial charge on any atom is -0.399 e. The summed E-state index contributed by atoms with van der Waals surface area (Å²) in [5, 5.41) is 9.74. The number of hydrogen-bond acceptors (Lipinski definition) is 4. The second-order valence-electron chi connectivity index (χ2n) is 4.90. The van der Waals surface area contributed by atoms with Crippen LogP contribution in [0.3, 0.4) is 0 Å². The van der Waals surface area contributed by atoms with Crippen molar-refractivity contribution in [1.29, 1.82) is 0 Å². The van der Waals surface area contributed by atoms with Gasteiger partial charge in [0.15, 0.2) is 4.90 Å². The van der Waals surface area contributed by atoms with Crippen LogP contribution in [0.2, 0.25) is 0 Å². The number of aliphatic hydroxyl groups is 1. The van der Waals surface area contributed by atoms with E-state index in [0.29, 0.717) is 0 Å². The Morgan fingerprint density at radius 1 is 1.37 bits per heavy atom. The number of nitrogen functional groups attached to an aromatic ring is 1. The van der Waals surface area contributed by atoms with E-state index in [4.69, 9.17) is 5.73 Å². The molecule has 1 aliphatic heterocycles. The Bertz CT molecular complexity index is 593. The number of halogens is 2. The van der Waals surface area contributed by atoms with Gasteiger partial charge in [-0.2, -0.15) is 4.31 Å². The van der Waals surface area contributed by atoms with Gasteiger partial charge in [0.25, 0.3) is 0 Å². The Labute approximate surface area is 109 Å². The van der Waals surface area contributed by atoms with Crippen molar-refractivity contribution >= 4 is 15.7 Å². The lowest BCUT2D eigenvalue weighted by molar-refractivity contribution is 0.0762. The molecule has 2 rings (SSSR count). The van der Waals surface area contributed by atoms with Crippen LogP contribution in [0.1, 0.15) is 13.3 Å². The molecule has 1 fully saturated rings. The molecule has 1 saturated heterocycles. The van der Waals surface area contributed by atoms with Gasteiger partial charge in [0.05, 0.1) is 5.60 Å². The fourth-order valence-electron chi connectivity index (χ4n) is 2.06. The van der Waals surface area contributed by atoms with Gasteiger partial charge in [-0.3, -0.25) is 0 Å². The molecular weight excluding hydrogens is 278 g/mol. The van der Waals surface area contributed by atoms with E-state index in [0.717, 1.165) is 16.4 Å². The van der Waals surface area contributed by atoms with Crippen molar-refractivity contribution < 1.29 is 22.3 Å². The van der Waals surface area contributed by atoms with Crippen molar-refractivity contribution in [2.24, 2.45) is 0 Å². The molecule has 1 aliphatic rings. The van der Waals surface area contributed by atoms with Crippen LogP contribution in [0.5, 0.6) is 0 Å². The summed E-state index contributed by atoms with van der Waals surface area (Å²) in [5.41, 5.74) is 3.86. The van der Waals surface area contributed by atoms with Crippen LogP contribution in [-0.4, -0.2) is 36.5 Å². The van der Waals surface area contributed by atoms with Gasteiger partial charge in [-0.15, -0.1) is 0 Å². The zero-order valence-electron chi connectivity index (χ0n) is 10.2. The summed E-state index contributed by atoms with van der Waals surface area (Å²) < 4.78 is 52.5. The lowest BCUT2D eigenvalue weighted by atomic mass is 10.1. The predicted molar refractivity (Wildman–Crippen MR) is 64.8 cm³/mol. The molecule has 1 heterocycles. The Morgan fingerprint density at radius 3 is 2.32 bits per heavy atom. The van der Waals surface area contributed by atoms with E-state index in [2.05, 4.69) is 0 Å². The van der Waals surface area contributed by atoms with Crippen LogP contribution in [0, 0.1) is 11.6 Å². The molecule has 0 radical (unpaired) electrons. The van der Waals surface area contributed by atoms with Crippen LogP contribution in [0.15, 0.2) is 17.0 Å². The largest absolute Gasteiger partial charge is 0.399 e. The maximum absolute atomic E-state index is 13.7. The SMILES string of the molecule is CC1(O)CCN(S(=O)(=O)c2c(F)cc(N)cc2F)C1. The van der Waals surface area contributed by atoms with E-state index in [1.807, 2.05) is 0 Å². The summed E-state index contributed by atoms with van der Waals surface area (Å²) in [6, 6.07) is 1.51. The highest BCUT2D eigenvalue weighted by molar-refractivity contribution is 7.89. The third kappa shape index (κ3) is 2.56. The van der Waals surface area contributed by atoms with Gasteiger partial charge < -0.3 is 10.8 Å². The summed E-state index contributed by atoms with van der Waals surface area (Å²) in [6.45, 7) is 1.29. The zero-order chi connectivity index (χ0) is 14.4. The lowest BCUT2D eigenvalue weighted by Crippen LogP contribution is -2.34. The number of hydrogen-bond donors (Lipinski definition) is 2. The van der Waals surface area contributed by atoms with Gasteiger partial charge in [0.2, 0.25) is 10.0 Å². The summed E-state index contributed by atoms with van der Waals surface area (Å²) in [5.74, 6) is -2.46. The third-order valence-electron chi connectivity index (χ3n) is 3.04. The van der Waals surface area contributed by atoms with Gasteiger partial charge in [-0.1, -0.05) is 0 Å². The van der Waals surface area contributed by atoms with E-state index in [-0.39, 0.29) is 25.2 Å². The maximum Gasteiger partial charge on any atom is 0.249 e. The Balaban J connectivity index is 2.47. The van der Waals surface area contributed by atoms with Crippen molar-refractivity contribution in [2.75, 3.05) is 18.8 Å². The van der Waals surface area contributed by atoms with E-state index in [1.165, 1.54) is 6.92 Å². The van der Waals surface area contributed by atoms with Gasteiger partial charge in [-0.05, 0) is 25.5 Å². The number of nitrogens with two attached hydrogens (primary N) is 1. The smallest absolute Gasteiger partial charge is 0.249 e. The number of anilines is 1. The molecular formula is C11H14F2N2O3S. The van der Waals surface area contributed by atoms with E-state index in [9.17, 15) is 22.3 Å². The van der Waals surface area contributed by atoms with Gasteiger partial charge >= 0.3 is 0 Å². The lowest BCUT2D eigenvalue weighted by Gasteiger charge is -2.19. The first kappa shape index (κ1) is 14.2. The van der Waals surface area contributed by atoms with Crippen LogP contribution in [-0.2, 0) is 10.0 Å². The highest BCUT2D eigenvalue weighted by Crippen LogP contribution is 2.30. The molecule has 1 aromatic carbocycles. The van der Waals surface area contributed by atoms with E-state index >= 15 is 0 Å². The van der Waals surface area contributed by atoms with Crippen molar-refractivity contribution in [2.45, 2.75) is 23.8 Å². The van der Waals surface area contributed by atoms with E-state index in [1.54, 1.807) is 0 Å². The third-order valence-corrected chi connectivity index (χ3v) is 4.93. The van der Waals surface area contributed by atoms with E-state index < -0.39 is 32.2 Å². The quantitative estimate of drug-likeness (QED) is 0.786. The molecule has 0 saturated carbocycles. The van der Waals surface area contributed by atoms with Crippen LogP contribution in [0.25, 0.3) is 0 Å². The first-order valence-corrected chi connectivity index (χ1v) is 7.04. The maximum atomic E-state index is 13.7. The molecule has 19 heavy (non-hydrogen) atoms. The van der Waals surface area contributed by atoms with Crippen LogP contribution in [0.4, 0.5) is 14.5 Å². The van der Waals surface area contributed by atoms with Gasteiger partial charge in [0, 0.05) is 18.8 Å². The van der Waals surface area contributed by atoms with Crippen molar-refractivity contribution in [3.8, 4) is 0 Å². The minimum atomic E-state index is -4.32. The molecule has 1 unspecified atom stereocenters. The van der Waals surface area contributed by atoms with Gasteiger partial charge in [-0.25, -0.2) is 17.2 Å². The second kappa shape index (κ2) is 4.39. The molecule has 0 bridgehead atoms. The van der Waals surface area contributed by atoms with Crippen molar-refractivity contribution in [3.63, 3.8) is 0 Å². The van der Waals surface area contributed by atoms with Gasteiger partial charge in [0.1, 0.15) is 11.6 Å². The monoisotopic (exact) mass is 292 g/mol. The van der Waals surface area contributed by atoms with Crippen molar-refractivity contribution in [1.82, 2.24) is 4.31 Å². The highest BCUT2D eigenvalue weighted by Gasteiger charge is 2.40. The number of sulfonamides is 1. The highest BCUT2D eigenvalue weighted by atomic mass is 32.2. The number of benzene rings is 1. The molecule has 8 heteroatoms. The summed E-state index contributed by atoms with van der Waals surface area (Å²) in [7, 11) is -4.32. The van der Waals surface area contributed by atoms with Crippen molar-refractivity contribution in [3.05, 3.63) is 23.8 Å². The Hall–Kier alpha value is -1.25. The molecule has 0 aromatic heterocycles. The molecule has 0 aliphatic carbocycles. The number of nitrogens with zero attached hydrogens (tertiary/aromatic N) is 1. The second-order valence-corrected chi connectivity index (χ2v) is 6.77.